The Morgan fingerprint density at radius 2 is 1.61 bits per heavy atom. The van der Waals surface area contributed by atoms with Gasteiger partial charge in [0.05, 0.1) is 11.5 Å². The largest absolute Gasteiger partial charge is 0.461 e. The molecule has 41 heavy (non-hydrogen) atoms. The minimum absolute atomic E-state index is 0.0466. The number of hydrogen-bond acceptors (Lipinski definition) is 8. The quantitative estimate of drug-likeness (QED) is 0.242. The summed E-state index contributed by atoms with van der Waals surface area (Å²) in [7, 11) is 0. The molecule has 4 aliphatic carbocycles. The highest BCUT2D eigenvalue weighted by molar-refractivity contribution is 5.88. The highest BCUT2D eigenvalue weighted by Gasteiger charge is 2.91. The van der Waals surface area contributed by atoms with Crippen LogP contribution in [0.3, 0.4) is 0 Å². The van der Waals surface area contributed by atoms with Crippen molar-refractivity contribution < 1.29 is 38.5 Å². The predicted octanol–water partition coefficient (Wildman–Crippen LogP) is 4.44. The Labute approximate surface area is 241 Å². The maximum Gasteiger partial charge on any atom is 0.331 e. The van der Waals surface area contributed by atoms with E-state index in [1.807, 2.05) is 58.0 Å². The van der Waals surface area contributed by atoms with E-state index in [-0.39, 0.29) is 12.2 Å². The molecule has 1 aromatic rings. The topological polar surface area (TPSA) is 116 Å². The number of ether oxygens (including phenoxy) is 3. The second kappa shape index (κ2) is 9.65. The maximum atomic E-state index is 13.7. The molecule has 5 rings (SSSR count). The van der Waals surface area contributed by atoms with Crippen LogP contribution in [0, 0.1) is 33.5 Å². The first-order chi connectivity index (χ1) is 19.2. The van der Waals surface area contributed by atoms with E-state index >= 15 is 0 Å². The number of fused-ring (bicyclic) bond motifs is 1. The second-order valence-corrected chi connectivity index (χ2v) is 13.1. The number of benzene rings is 1. The van der Waals surface area contributed by atoms with Gasteiger partial charge in [-0.3, -0.25) is 14.4 Å². The molecule has 0 saturated heterocycles. The third kappa shape index (κ3) is 3.62. The minimum Gasteiger partial charge on any atom is -0.461 e. The molecule has 0 aromatic heterocycles. The van der Waals surface area contributed by atoms with Gasteiger partial charge in [-0.05, 0) is 35.5 Å². The van der Waals surface area contributed by atoms with Gasteiger partial charge >= 0.3 is 17.9 Å². The Hall–Kier alpha value is -3.26. The summed E-state index contributed by atoms with van der Waals surface area (Å²) in [4.78, 5) is 52.0. The maximum absolute atomic E-state index is 13.7. The van der Waals surface area contributed by atoms with Gasteiger partial charge in [0.1, 0.15) is 24.1 Å². The third-order valence-corrected chi connectivity index (χ3v) is 11.2. The summed E-state index contributed by atoms with van der Waals surface area (Å²) < 4.78 is 18.2. The lowest BCUT2D eigenvalue weighted by Crippen LogP contribution is -2.63. The molecule has 220 valence electrons. The van der Waals surface area contributed by atoms with Crippen LogP contribution in [0.25, 0.3) is 6.08 Å². The van der Waals surface area contributed by atoms with Crippen LogP contribution in [-0.2, 0) is 33.4 Å². The number of rotatable bonds is 5. The third-order valence-electron chi connectivity index (χ3n) is 11.2. The Balaban J connectivity index is 1.69. The Kier molecular flexibility index (Phi) is 6.88. The zero-order chi connectivity index (χ0) is 30.1. The monoisotopic (exact) mass is 564 g/mol. The van der Waals surface area contributed by atoms with Crippen molar-refractivity contribution in [2.45, 2.75) is 85.2 Å². The Morgan fingerprint density at radius 1 is 1.00 bits per heavy atom. The molecule has 9 atom stereocenters. The van der Waals surface area contributed by atoms with Crippen LogP contribution in [0.15, 0.2) is 48.6 Å². The summed E-state index contributed by atoms with van der Waals surface area (Å²) in [6.07, 6.45) is 0.0763. The van der Waals surface area contributed by atoms with Crippen LogP contribution in [0.4, 0.5) is 0 Å². The van der Waals surface area contributed by atoms with E-state index in [0.717, 1.165) is 5.56 Å². The minimum atomic E-state index is -1.22. The molecule has 0 radical (unpaired) electrons. The molecule has 2 spiro atoms. The lowest BCUT2D eigenvalue weighted by molar-refractivity contribution is -0.191. The van der Waals surface area contributed by atoms with Gasteiger partial charge in [-0.1, -0.05) is 64.6 Å². The number of Topliss-reactive ketones (excluding diaryl/α,β-unsaturated/α-hetero) is 1. The fourth-order valence-electron chi connectivity index (χ4n) is 9.83. The molecule has 8 nitrogen and oxygen atoms in total. The van der Waals surface area contributed by atoms with Crippen LogP contribution in [0.1, 0.15) is 66.4 Å². The highest BCUT2D eigenvalue weighted by Crippen LogP contribution is 2.86. The lowest BCUT2D eigenvalue weighted by atomic mass is 9.42. The number of aliphatic hydroxyl groups is 1. The van der Waals surface area contributed by atoms with Gasteiger partial charge < -0.3 is 19.3 Å². The average Bonchev–Trinajstić information content (AvgIpc) is 3.14. The predicted molar refractivity (Wildman–Crippen MR) is 150 cm³/mol. The number of esters is 3. The summed E-state index contributed by atoms with van der Waals surface area (Å²) in [6.45, 7) is 14.9. The van der Waals surface area contributed by atoms with Crippen LogP contribution in [0.5, 0.6) is 0 Å². The molecule has 1 N–H and O–H groups in total. The summed E-state index contributed by atoms with van der Waals surface area (Å²) in [5.41, 5.74) is -2.81. The van der Waals surface area contributed by atoms with Crippen molar-refractivity contribution in [3.05, 3.63) is 54.1 Å². The summed E-state index contributed by atoms with van der Waals surface area (Å²) in [6, 6.07) is 9.37. The molecule has 4 aliphatic rings. The molecule has 4 saturated carbocycles. The zero-order valence-corrected chi connectivity index (χ0v) is 24.6. The number of hydrogen-bond donors (Lipinski definition) is 1. The van der Waals surface area contributed by atoms with Crippen LogP contribution >= 0.6 is 0 Å². The summed E-state index contributed by atoms with van der Waals surface area (Å²) >= 11 is 0. The van der Waals surface area contributed by atoms with Crippen LogP contribution in [-0.4, -0.2) is 53.2 Å². The van der Waals surface area contributed by atoms with E-state index < -0.39 is 75.8 Å². The standard InChI is InChI=1S/C33H40O8/c1-18-24(36)17-23-28(39-20(3)34)33-19(2)25(41-26(37)14-13-22-11-9-8-10-12-22)15-16-31(33,7)27(38)29(40-21(4)35)32(18,33)30(23,5)6/h8-14,18,23,25,27-29,38H,2,15-17H2,1,3-7H3/b14-13+/t18-,23+,25+,27+,28-,29+,31+,32-,33-/m1/s1. The second-order valence-electron chi connectivity index (χ2n) is 13.1. The molecule has 4 fully saturated rings. The fraction of sp³-hybridized carbons (Fsp3) is 0.576. The molecule has 0 aliphatic heterocycles. The van der Waals surface area contributed by atoms with Gasteiger partial charge in [-0.25, -0.2) is 4.79 Å². The van der Waals surface area contributed by atoms with Crippen molar-refractivity contribution in [2.75, 3.05) is 0 Å². The summed E-state index contributed by atoms with van der Waals surface area (Å²) in [5, 5.41) is 12.1. The van der Waals surface area contributed by atoms with Crippen molar-refractivity contribution in [2.24, 2.45) is 33.5 Å². The van der Waals surface area contributed by atoms with E-state index in [2.05, 4.69) is 6.58 Å². The highest BCUT2D eigenvalue weighted by atomic mass is 16.6. The molecule has 0 heterocycles. The first-order valence-electron chi connectivity index (χ1n) is 14.4. The zero-order valence-electron chi connectivity index (χ0n) is 24.6. The number of carbonyl (C=O) groups excluding carboxylic acids is 4. The van der Waals surface area contributed by atoms with Gasteiger partial charge in [0.2, 0.25) is 0 Å². The lowest BCUT2D eigenvalue weighted by Gasteiger charge is -2.60. The number of ketones is 1. The van der Waals surface area contributed by atoms with Crippen LogP contribution < -0.4 is 0 Å². The van der Waals surface area contributed by atoms with Crippen molar-refractivity contribution in [1.29, 1.82) is 0 Å². The van der Waals surface area contributed by atoms with E-state index in [1.54, 1.807) is 6.08 Å². The summed E-state index contributed by atoms with van der Waals surface area (Å²) in [5.74, 6) is -2.79. The average molecular weight is 565 g/mol. The number of aliphatic hydroxyl groups excluding tert-OH is 1. The molecule has 8 heteroatoms. The number of carbonyl (C=O) groups is 4. The van der Waals surface area contributed by atoms with Crippen molar-refractivity contribution in [3.8, 4) is 0 Å². The van der Waals surface area contributed by atoms with E-state index in [4.69, 9.17) is 14.2 Å². The van der Waals surface area contributed by atoms with Gasteiger partial charge in [0, 0.05) is 49.0 Å². The van der Waals surface area contributed by atoms with Gasteiger partial charge in [0.25, 0.3) is 0 Å². The van der Waals surface area contributed by atoms with Gasteiger partial charge in [-0.15, -0.1) is 0 Å². The van der Waals surface area contributed by atoms with Crippen LogP contribution in [0.2, 0.25) is 0 Å². The smallest absolute Gasteiger partial charge is 0.331 e. The van der Waals surface area contributed by atoms with E-state index in [9.17, 15) is 24.3 Å². The molecule has 0 amide bonds. The molecule has 1 aromatic carbocycles. The van der Waals surface area contributed by atoms with Crippen molar-refractivity contribution >= 4 is 29.8 Å². The molecular formula is C33H40O8. The normalized spacial score (nSPS) is 40.6. The van der Waals surface area contributed by atoms with Crippen molar-refractivity contribution in [1.82, 2.24) is 0 Å². The Morgan fingerprint density at radius 3 is 2.22 bits per heavy atom. The SMILES string of the molecule is C=C1[C@@H](OC(=O)/C=C/c2ccccc2)CC[C@@]2(C)[C@@H](O)[C@H](OC(C)=O)[C@@]34[C@H](C)C(=O)C[C@@H]([C@@H](OC(C)=O)[C@@]132)C4(C)C. The van der Waals surface area contributed by atoms with Crippen molar-refractivity contribution in [3.63, 3.8) is 0 Å². The fourth-order valence-corrected chi connectivity index (χ4v) is 9.83. The van der Waals surface area contributed by atoms with E-state index in [0.29, 0.717) is 18.4 Å². The first kappa shape index (κ1) is 29.2. The van der Waals surface area contributed by atoms with Gasteiger partial charge in [0.15, 0.2) is 0 Å². The Bertz CT molecular complexity index is 1330. The first-order valence-corrected chi connectivity index (χ1v) is 14.4. The van der Waals surface area contributed by atoms with Gasteiger partial charge in [-0.2, -0.15) is 0 Å². The molecule has 2 bridgehead atoms. The molecular weight excluding hydrogens is 524 g/mol. The van der Waals surface area contributed by atoms with E-state index in [1.165, 1.54) is 19.9 Å². The molecule has 0 unspecified atom stereocenters.